The number of hydrogen-bond donors (Lipinski definition) is 1. The van der Waals surface area contributed by atoms with Crippen molar-refractivity contribution in [2.45, 2.75) is 20.3 Å². The summed E-state index contributed by atoms with van der Waals surface area (Å²) in [5, 5.41) is 2.25. The van der Waals surface area contributed by atoms with Crippen LogP contribution in [-0.4, -0.2) is 35.8 Å². The minimum absolute atomic E-state index is 0.175. The smallest absolute Gasteiger partial charge is 0.324 e. The van der Waals surface area contributed by atoms with Crippen LogP contribution in [0.3, 0.4) is 0 Å². The molecule has 1 N–H and O–H groups in total. The molecule has 0 radical (unpaired) electrons. The molecule has 0 saturated heterocycles. The molecule has 0 fully saturated rings. The van der Waals surface area contributed by atoms with Crippen LogP contribution in [0.25, 0.3) is 0 Å². The summed E-state index contributed by atoms with van der Waals surface area (Å²) in [6.07, 6.45) is 0.175. The lowest BCUT2D eigenvalue weighted by Gasteiger charge is -2.18. The van der Waals surface area contributed by atoms with E-state index >= 15 is 0 Å². The molecular weight excluding hydrogens is 192 g/mol. The van der Waals surface area contributed by atoms with Gasteiger partial charge in [0, 0.05) is 25.4 Å². The predicted molar refractivity (Wildman–Crippen MR) is 51.8 cm³/mol. The summed E-state index contributed by atoms with van der Waals surface area (Å²) in [4.78, 5) is 23.7. The Labute approximate surface area is 83.2 Å². The number of urea groups is 1. The topological polar surface area (TPSA) is 49.4 Å². The maximum atomic E-state index is 11.2. The molecule has 0 aliphatic heterocycles. The van der Waals surface area contributed by atoms with Crippen LogP contribution in [0.15, 0.2) is 0 Å². The summed E-state index contributed by atoms with van der Waals surface area (Å²) in [7, 11) is 0. The summed E-state index contributed by atoms with van der Waals surface area (Å²) in [6.45, 7) is 4.90. The Morgan fingerprint density at radius 2 is 1.85 bits per heavy atom. The Hall–Kier alpha value is -0.770. The van der Waals surface area contributed by atoms with Crippen molar-refractivity contribution in [2.24, 2.45) is 0 Å². The fraction of sp³-hybridized carbons (Fsp3) is 0.750. The first kappa shape index (κ1) is 12.2. The van der Waals surface area contributed by atoms with Gasteiger partial charge in [-0.25, -0.2) is 4.79 Å². The van der Waals surface area contributed by atoms with Crippen molar-refractivity contribution in [3.8, 4) is 0 Å². The van der Waals surface area contributed by atoms with Gasteiger partial charge in [-0.2, -0.15) is 0 Å². The molecule has 4 nitrogen and oxygen atoms in total. The average molecular weight is 207 g/mol. The van der Waals surface area contributed by atoms with Crippen molar-refractivity contribution in [3.63, 3.8) is 0 Å². The van der Waals surface area contributed by atoms with Crippen LogP contribution < -0.4 is 5.32 Å². The third-order valence-electron chi connectivity index (χ3n) is 1.62. The quantitative estimate of drug-likeness (QED) is 0.703. The molecule has 0 aliphatic rings. The standard InChI is InChI=1S/C8H15ClN2O2/c1-3-11(4-2)8(13)10-7(12)5-6-9/h3-6H2,1-2H3,(H,10,12,13). The first-order chi connectivity index (χ1) is 6.15. The summed E-state index contributed by atoms with van der Waals surface area (Å²) in [5.41, 5.74) is 0. The molecule has 0 spiro atoms. The normalized spacial score (nSPS) is 9.46. The molecule has 76 valence electrons. The van der Waals surface area contributed by atoms with E-state index in [1.54, 1.807) is 0 Å². The zero-order valence-corrected chi connectivity index (χ0v) is 8.73. The number of hydrogen-bond acceptors (Lipinski definition) is 2. The Morgan fingerprint density at radius 3 is 2.23 bits per heavy atom. The molecule has 0 bridgehead atoms. The van der Waals surface area contributed by atoms with Gasteiger partial charge >= 0.3 is 6.03 Å². The second-order valence-corrected chi connectivity index (χ2v) is 2.84. The molecule has 0 aromatic heterocycles. The van der Waals surface area contributed by atoms with E-state index < -0.39 is 0 Å². The number of carbonyl (C=O) groups excluding carboxylic acids is 2. The maximum absolute atomic E-state index is 11.2. The molecule has 0 unspecified atom stereocenters. The number of halogens is 1. The van der Waals surface area contributed by atoms with Crippen LogP contribution >= 0.6 is 11.6 Å². The average Bonchev–Trinajstić information content (AvgIpc) is 2.06. The zero-order valence-electron chi connectivity index (χ0n) is 7.97. The molecule has 0 heterocycles. The van der Waals surface area contributed by atoms with E-state index in [1.807, 2.05) is 13.8 Å². The highest BCUT2D eigenvalue weighted by atomic mass is 35.5. The van der Waals surface area contributed by atoms with E-state index in [0.717, 1.165) is 0 Å². The fourth-order valence-electron chi connectivity index (χ4n) is 0.857. The second-order valence-electron chi connectivity index (χ2n) is 2.46. The summed E-state index contributed by atoms with van der Waals surface area (Å²) >= 11 is 5.34. The van der Waals surface area contributed by atoms with E-state index in [1.165, 1.54) is 4.90 Å². The molecule has 0 atom stereocenters. The number of alkyl halides is 1. The van der Waals surface area contributed by atoms with Crippen LogP contribution in [0, 0.1) is 0 Å². The van der Waals surface area contributed by atoms with E-state index in [2.05, 4.69) is 5.32 Å². The van der Waals surface area contributed by atoms with Crippen molar-refractivity contribution in [3.05, 3.63) is 0 Å². The van der Waals surface area contributed by atoms with Gasteiger partial charge in [-0.05, 0) is 13.8 Å². The van der Waals surface area contributed by atoms with Gasteiger partial charge in [-0.15, -0.1) is 11.6 Å². The van der Waals surface area contributed by atoms with Gasteiger partial charge in [0.05, 0.1) is 0 Å². The van der Waals surface area contributed by atoms with Gasteiger partial charge in [0.15, 0.2) is 0 Å². The highest BCUT2D eigenvalue weighted by molar-refractivity contribution is 6.19. The molecule has 0 aromatic carbocycles. The van der Waals surface area contributed by atoms with Crippen molar-refractivity contribution in [1.82, 2.24) is 10.2 Å². The van der Waals surface area contributed by atoms with Gasteiger partial charge in [-0.1, -0.05) is 0 Å². The number of carbonyl (C=O) groups is 2. The van der Waals surface area contributed by atoms with Crippen LogP contribution in [0.4, 0.5) is 4.79 Å². The molecule has 13 heavy (non-hydrogen) atoms. The summed E-state index contributed by atoms with van der Waals surface area (Å²) in [6, 6.07) is -0.347. The highest BCUT2D eigenvalue weighted by Crippen LogP contribution is 1.90. The molecule has 3 amide bonds. The van der Waals surface area contributed by atoms with E-state index in [9.17, 15) is 9.59 Å². The largest absolute Gasteiger partial charge is 0.325 e. The van der Waals surface area contributed by atoms with Gasteiger partial charge < -0.3 is 4.90 Å². The lowest BCUT2D eigenvalue weighted by atomic mass is 10.4. The van der Waals surface area contributed by atoms with Gasteiger partial charge in [0.2, 0.25) is 5.91 Å². The van der Waals surface area contributed by atoms with Gasteiger partial charge in [0.25, 0.3) is 0 Å². The van der Waals surface area contributed by atoms with E-state index in [4.69, 9.17) is 11.6 Å². The summed E-state index contributed by atoms with van der Waals surface area (Å²) < 4.78 is 0. The number of nitrogens with one attached hydrogen (secondary N) is 1. The van der Waals surface area contributed by atoms with E-state index in [0.29, 0.717) is 13.1 Å². The lowest BCUT2D eigenvalue weighted by molar-refractivity contribution is -0.119. The minimum Gasteiger partial charge on any atom is -0.325 e. The Balaban J connectivity index is 3.90. The van der Waals surface area contributed by atoms with Crippen molar-refractivity contribution in [2.75, 3.05) is 19.0 Å². The Bertz CT molecular complexity index is 181. The van der Waals surface area contributed by atoms with E-state index in [-0.39, 0.29) is 24.2 Å². The molecule has 0 rings (SSSR count). The maximum Gasteiger partial charge on any atom is 0.324 e. The predicted octanol–water partition coefficient (Wildman–Crippen LogP) is 1.19. The SMILES string of the molecule is CCN(CC)C(=O)NC(=O)CCCl. The number of amides is 3. The van der Waals surface area contributed by atoms with Gasteiger partial charge in [0.1, 0.15) is 0 Å². The third-order valence-corrected chi connectivity index (χ3v) is 1.81. The van der Waals surface area contributed by atoms with Crippen LogP contribution in [-0.2, 0) is 4.79 Å². The molecule has 0 saturated carbocycles. The zero-order chi connectivity index (χ0) is 10.3. The third kappa shape index (κ3) is 4.72. The molecule has 0 aromatic rings. The molecule has 0 aliphatic carbocycles. The lowest BCUT2D eigenvalue weighted by Crippen LogP contribution is -2.42. The Kier molecular flexibility index (Phi) is 6.32. The second kappa shape index (κ2) is 6.71. The number of rotatable bonds is 4. The monoisotopic (exact) mass is 206 g/mol. The van der Waals surface area contributed by atoms with Crippen molar-refractivity contribution < 1.29 is 9.59 Å². The first-order valence-electron chi connectivity index (χ1n) is 4.30. The number of imide groups is 1. The van der Waals surface area contributed by atoms with Crippen molar-refractivity contribution >= 4 is 23.5 Å². The van der Waals surface area contributed by atoms with Gasteiger partial charge in [-0.3, -0.25) is 10.1 Å². The highest BCUT2D eigenvalue weighted by Gasteiger charge is 2.11. The minimum atomic E-state index is -0.347. The van der Waals surface area contributed by atoms with Crippen LogP contribution in [0.2, 0.25) is 0 Å². The first-order valence-corrected chi connectivity index (χ1v) is 4.83. The summed E-state index contributed by atoms with van der Waals surface area (Å²) in [5.74, 6) is -0.0934. The number of nitrogens with zero attached hydrogens (tertiary/aromatic N) is 1. The van der Waals surface area contributed by atoms with Crippen LogP contribution in [0.1, 0.15) is 20.3 Å². The fourth-order valence-corrected chi connectivity index (χ4v) is 1.03. The van der Waals surface area contributed by atoms with Crippen LogP contribution in [0.5, 0.6) is 0 Å². The molecular formula is C8H15ClN2O2. The molecule has 5 heteroatoms. The van der Waals surface area contributed by atoms with Crippen molar-refractivity contribution in [1.29, 1.82) is 0 Å². The Morgan fingerprint density at radius 1 is 1.31 bits per heavy atom.